The van der Waals surface area contributed by atoms with Crippen molar-refractivity contribution in [1.29, 1.82) is 0 Å². The Morgan fingerprint density at radius 1 is 0.833 bits per heavy atom. The van der Waals surface area contributed by atoms with Gasteiger partial charge in [-0.2, -0.15) is 0 Å². The van der Waals surface area contributed by atoms with E-state index in [1.807, 2.05) is 0 Å². The zero-order valence-electron chi connectivity index (χ0n) is 11.3. The van der Waals surface area contributed by atoms with E-state index in [2.05, 4.69) is 75.1 Å². The Hall–Kier alpha value is -1.07. The third kappa shape index (κ3) is 3.24. The van der Waals surface area contributed by atoms with E-state index in [0.29, 0.717) is 5.92 Å². The highest BCUT2D eigenvalue weighted by atomic mass is 31.1. The average molecular weight is 253 g/mol. The van der Waals surface area contributed by atoms with E-state index in [0.717, 1.165) is 0 Å². The lowest BCUT2D eigenvalue weighted by Gasteiger charge is -2.19. The summed E-state index contributed by atoms with van der Waals surface area (Å²) in [4.78, 5) is 0. The number of hydrogen-bond acceptors (Lipinski definition) is 0. The molecule has 2 heteroatoms. The van der Waals surface area contributed by atoms with Crippen LogP contribution in [0, 0.1) is 0 Å². The molecule has 91 valence electrons. The minimum Gasteiger partial charge on any atom is -0.0622 e. The standard InChI is InChI=1S/C16H19P.B/c1-13(2)15-11-7-8-12-16(15)17(3)14-9-5-4-6-10-14;/h4-13H,1-3H3;/t17-;/m1./s1. The first kappa shape index (κ1) is 15.0. The van der Waals surface area contributed by atoms with Crippen LogP contribution in [0.25, 0.3) is 0 Å². The Labute approximate surface area is 114 Å². The van der Waals surface area contributed by atoms with Gasteiger partial charge in [-0.3, -0.25) is 0 Å². The van der Waals surface area contributed by atoms with Crippen molar-refractivity contribution in [2.75, 3.05) is 6.66 Å². The number of rotatable bonds is 3. The van der Waals surface area contributed by atoms with Gasteiger partial charge >= 0.3 is 0 Å². The molecule has 0 saturated heterocycles. The van der Waals surface area contributed by atoms with Crippen LogP contribution in [0.3, 0.4) is 0 Å². The van der Waals surface area contributed by atoms with Crippen molar-refractivity contribution in [1.82, 2.24) is 0 Å². The number of benzene rings is 2. The summed E-state index contributed by atoms with van der Waals surface area (Å²) in [6, 6.07) is 19.7. The maximum Gasteiger partial charge on any atom is 0 e. The molecule has 0 N–H and O–H groups in total. The minimum atomic E-state index is -0.224. The molecule has 2 aromatic rings. The first-order valence-corrected chi connectivity index (χ1v) is 7.86. The van der Waals surface area contributed by atoms with Crippen molar-refractivity contribution in [3.05, 3.63) is 60.2 Å². The summed E-state index contributed by atoms with van der Waals surface area (Å²) in [6.07, 6.45) is 0. The molecule has 2 aromatic carbocycles. The second-order valence-electron chi connectivity index (χ2n) is 4.61. The van der Waals surface area contributed by atoms with Crippen molar-refractivity contribution >= 4 is 26.9 Å². The van der Waals surface area contributed by atoms with E-state index in [1.165, 1.54) is 16.2 Å². The highest BCUT2D eigenvalue weighted by Crippen LogP contribution is 2.32. The maximum absolute atomic E-state index is 2.35. The van der Waals surface area contributed by atoms with Crippen LogP contribution in [0.1, 0.15) is 25.3 Å². The van der Waals surface area contributed by atoms with Crippen molar-refractivity contribution in [2.45, 2.75) is 19.8 Å². The van der Waals surface area contributed by atoms with Gasteiger partial charge in [0.05, 0.1) is 0 Å². The topological polar surface area (TPSA) is 0 Å². The summed E-state index contributed by atoms with van der Waals surface area (Å²) in [5, 5.41) is 2.97. The fraction of sp³-hybridized carbons (Fsp3) is 0.250. The third-order valence-corrected chi connectivity index (χ3v) is 5.27. The van der Waals surface area contributed by atoms with E-state index in [-0.39, 0.29) is 16.3 Å². The second kappa shape index (κ2) is 6.76. The van der Waals surface area contributed by atoms with Gasteiger partial charge in [-0.25, -0.2) is 0 Å². The van der Waals surface area contributed by atoms with Crippen LogP contribution in [-0.2, 0) is 0 Å². The van der Waals surface area contributed by atoms with Crippen LogP contribution in [0.15, 0.2) is 54.6 Å². The van der Waals surface area contributed by atoms with E-state index in [1.54, 1.807) is 0 Å². The Balaban J connectivity index is 0.00000162. The predicted octanol–water partition coefficient (Wildman–Crippen LogP) is 3.49. The van der Waals surface area contributed by atoms with Crippen LogP contribution in [0.5, 0.6) is 0 Å². The quantitative estimate of drug-likeness (QED) is 0.580. The molecular weight excluding hydrogens is 234 g/mol. The first-order valence-electron chi connectivity index (χ1n) is 6.08. The molecule has 0 aliphatic rings. The van der Waals surface area contributed by atoms with Crippen LogP contribution >= 0.6 is 7.92 Å². The molecule has 0 heterocycles. The molecule has 0 aliphatic heterocycles. The summed E-state index contributed by atoms with van der Waals surface area (Å²) in [5.74, 6) is 0.597. The molecular formula is C16H19BP. The summed E-state index contributed by atoms with van der Waals surface area (Å²) in [6.45, 7) is 6.89. The molecule has 3 radical (unpaired) electrons. The summed E-state index contributed by atoms with van der Waals surface area (Å²) in [5.41, 5.74) is 1.49. The van der Waals surface area contributed by atoms with Gasteiger partial charge in [-0.05, 0) is 36.7 Å². The third-order valence-electron chi connectivity index (χ3n) is 3.06. The van der Waals surface area contributed by atoms with Crippen molar-refractivity contribution in [3.8, 4) is 0 Å². The normalized spacial score (nSPS) is 12.0. The van der Waals surface area contributed by atoms with E-state index >= 15 is 0 Å². The van der Waals surface area contributed by atoms with Gasteiger partial charge in [0, 0.05) is 8.41 Å². The zero-order chi connectivity index (χ0) is 12.3. The van der Waals surface area contributed by atoms with E-state index in [9.17, 15) is 0 Å². The highest BCUT2D eigenvalue weighted by molar-refractivity contribution is 7.72. The van der Waals surface area contributed by atoms with Gasteiger partial charge < -0.3 is 0 Å². The molecule has 1 atom stereocenters. The van der Waals surface area contributed by atoms with Gasteiger partial charge in [-0.1, -0.05) is 68.4 Å². The fourth-order valence-corrected chi connectivity index (χ4v) is 4.00. The van der Waals surface area contributed by atoms with Gasteiger partial charge in [0.15, 0.2) is 0 Å². The molecule has 0 fully saturated rings. The molecule has 2 rings (SSSR count). The molecule has 0 unspecified atom stereocenters. The van der Waals surface area contributed by atoms with Gasteiger partial charge in [0.2, 0.25) is 0 Å². The van der Waals surface area contributed by atoms with E-state index < -0.39 is 0 Å². The fourth-order valence-electron chi connectivity index (χ4n) is 2.07. The first-order chi connectivity index (χ1) is 8.20. The van der Waals surface area contributed by atoms with Gasteiger partial charge in [-0.15, -0.1) is 0 Å². The lowest BCUT2D eigenvalue weighted by atomic mass is 10.0. The lowest BCUT2D eigenvalue weighted by Crippen LogP contribution is -2.15. The molecule has 0 spiro atoms. The van der Waals surface area contributed by atoms with Crippen LogP contribution in [0.4, 0.5) is 0 Å². The van der Waals surface area contributed by atoms with Crippen LogP contribution in [-0.4, -0.2) is 15.1 Å². The highest BCUT2D eigenvalue weighted by Gasteiger charge is 2.13. The van der Waals surface area contributed by atoms with Crippen LogP contribution < -0.4 is 10.6 Å². The minimum absolute atomic E-state index is 0. The Bertz CT molecular complexity index is 479. The summed E-state index contributed by atoms with van der Waals surface area (Å²) >= 11 is 0. The molecule has 0 aliphatic carbocycles. The summed E-state index contributed by atoms with van der Waals surface area (Å²) in [7, 11) is -0.224. The summed E-state index contributed by atoms with van der Waals surface area (Å²) < 4.78 is 0. The lowest BCUT2D eigenvalue weighted by molar-refractivity contribution is 0.873. The molecule has 18 heavy (non-hydrogen) atoms. The van der Waals surface area contributed by atoms with E-state index in [4.69, 9.17) is 0 Å². The maximum atomic E-state index is 2.35. The molecule has 0 amide bonds. The van der Waals surface area contributed by atoms with Crippen LogP contribution in [0.2, 0.25) is 0 Å². The Kier molecular flexibility index (Phi) is 5.63. The Morgan fingerprint density at radius 2 is 1.39 bits per heavy atom. The van der Waals surface area contributed by atoms with Crippen molar-refractivity contribution < 1.29 is 0 Å². The smallest absolute Gasteiger partial charge is 0 e. The number of hydrogen-bond donors (Lipinski definition) is 0. The van der Waals surface area contributed by atoms with Crippen molar-refractivity contribution in [3.63, 3.8) is 0 Å². The molecule has 0 nitrogen and oxygen atoms in total. The molecule has 0 saturated carbocycles. The Morgan fingerprint density at radius 3 is 2.00 bits per heavy atom. The monoisotopic (exact) mass is 253 g/mol. The largest absolute Gasteiger partial charge is 0.0622 e. The molecule has 0 aromatic heterocycles. The van der Waals surface area contributed by atoms with Crippen molar-refractivity contribution in [2.24, 2.45) is 0 Å². The SMILES string of the molecule is CC(C)c1ccccc1[P@](C)c1ccccc1.[B]. The van der Waals surface area contributed by atoms with Gasteiger partial charge in [0.1, 0.15) is 0 Å². The predicted molar refractivity (Wildman–Crippen MR) is 84.8 cm³/mol. The molecule has 0 bridgehead atoms. The average Bonchev–Trinajstić information content (AvgIpc) is 2.39. The zero-order valence-corrected chi connectivity index (χ0v) is 12.2. The second-order valence-corrected chi connectivity index (χ2v) is 6.72. The van der Waals surface area contributed by atoms with Gasteiger partial charge in [0.25, 0.3) is 0 Å².